The maximum atomic E-state index is 11.7. The Morgan fingerprint density at radius 2 is 1.63 bits per heavy atom. The molecule has 0 fully saturated rings. The Morgan fingerprint density at radius 3 is 2.39 bits per heavy atom. The zero-order chi connectivity index (χ0) is 29.4. The number of para-hydroxylation sites is 1. The Labute approximate surface area is 246 Å². The second kappa shape index (κ2) is 13.9. The first-order valence-electron chi connectivity index (χ1n) is 13.6. The van der Waals surface area contributed by atoms with Crippen molar-refractivity contribution in [1.29, 1.82) is 0 Å². The molecule has 5 aromatic rings. The molecule has 0 saturated heterocycles. The van der Waals surface area contributed by atoms with E-state index < -0.39 is 16.1 Å². The van der Waals surface area contributed by atoms with Gasteiger partial charge in [-0.25, -0.2) is 8.42 Å². The summed E-state index contributed by atoms with van der Waals surface area (Å²) in [5, 5.41) is 13.7. The first kappa shape index (κ1) is 30.4. The van der Waals surface area contributed by atoms with Crippen LogP contribution in [-0.2, 0) is 16.6 Å². The van der Waals surface area contributed by atoms with Gasteiger partial charge in [-0.3, -0.25) is 9.62 Å². The van der Waals surface area contributed by atoms with Crippen molar-refractivity contribution in [3.8, 4) is 5.75 Å². The molecule has 41 heavy (non-hydrogen) atoms. The van der Waals surface area contributed by atoms with Crippen LogP contribution >= 0.6 is 11.6 Å². The van der Waals surface area contributed by atoms with Crippen LogP contribution in [-0.4, -0.2) is 49.4 Å². The van der Waals surface area contributed by atoms with Crippen LogP contribution in [0.2, 0.25) is 5.02 Å². The van der Waals surface area contributed by atoms with Crippen molar-refractivity contribution in [2.45, 2.75) is 26.5 Å². The molecule has 0 aliphatic rings. The number of benzene rings is 4. The summed E-state index contributed by atoms with van der Waals surface area (Å²) in [6, 6.07) is 29.1. The zero-order valence-corrected chi connectivity index (χ0v) is 25.0. The number of sulfonamides is 1. The van der Waals surface area contributed by atoms with Gasteiger partial charge in [-0.2, -0.15) is 0 Å². The van der Waals surface area contributed by atoms with E-state index in [1.807, 2.05) is 68.4 Å². The van der Waals surface area contributed by atoms with E-state index in [9.17, 15) is 13.5 Å². The molecule has 5 rings (SSSR count). The van der Waals surface area contributed by atoms with Crippen LogP contribution in [0.5, 0.6) is 5.75 Å². The summed E-state index contributed by atoms with van der Waals surface area (Å²) >= 11 is 6.17. The highest BCUT2D eigenvalue weighted by Crippen LogP contribution is 2.29. The highest BCUT2D eigenvalue weighted by Gasteiger charge is 2.17. The van der Waals surface area contributed by atoms with E-state index in [4.69, 9.17) is 16.3 Å². The lowest BCUT2D eigenvalue weighted by atomic mass is 10.1. The van der Waals surface area contributed by atoms with Gasteiger partial charge in [0.15, 0.2) is 0 Å². The van der Waals surface area contributed by atoms with Crippen LogP contribution in [0.4, 0.5) is 5.69 Å². The zero-order valence-electron chi connectivity index (χ0n) is 23.5. The van der Waals surface area contributed by atoms with Gasteiger partial charge in [0.1, 0.15) is 12.4 Å². The number of aromatic amines is 1. The molecule has 0 radical (unpaired) electrons. The van der Waals surface area contributed by atoms with Gasteiger partial charge in [-0.15, -0.1) is 0 Å². The molecule has 0 aliphatic carbocycles. The van der Waals surface area contributed by atoms with Gasteiger partial charge < -0.3 is 14.8 Å². The van der Waals surface area contributed by atoms with Crippen molar-refractivity contribution in [1.82, 2.24) is 9.88 Å². The fourth-order valence-electron chi connectivity index (χ4n) is 4.67. The minimum absolute atomic E-state index is 0.237. The summed E-state index contributed by atoms with van der Waals surface area (Å²) in [6.45, 7) is 5.93. The molecule has 0 amide bonds. The van der Waals surface area contributed by atoms with E-state index >= 15 is 0 Å². The average molecular weight is 594 g/mol. The molecule has 0 aliphatic heterocycles. The molecular formula is C32H36ClN3O4S. The van der Waals surface area contributed by atoms with Gasteiger partial charge >= 0.3 is 0 Å². The molecule has 7 nitrogen and oxygen atoms in total. The number of rotatable bonds is 11. The SMILES string of the molecule is CC.CS(=O)(=O)Nc1cc(C(O)CN(CCOc2ccc3c(c2)[nH]c2ccccc23)Cc2ccccc2)ccc1Cl. The summed E-state index contributed by atoms with van der Waals surface area (Å²) in [5.74, 6) is 0.767. The van der Waals surface area contributed by atoms with Crippen LogP contribution in [0, 0.1) is 0 Å². The van der Waals surface area contributed by atoms with Crippen LogP contribution < -0.4 is 9.46 Å². The number of aliphatic hydroxyl groups is 1. The second-order valence-corrected chi connectivity index (χ2v) is 11.7. The number of halogens is 1. The smallest absolute Gasteiger partial charge is 0.229 e. The number of nitrogens with zero attached hydrogens (tertiary/aromatic N) is 1. The van der Waals surface area contributed by atoms with Crippen LogP contribution in [0.3, 0.4) is 0 Å². The lowest BCUT2D eigenvalue weighted by Crippen LogP contribution is -2.32. The third-order valence-corrected chi connectivity index (χ3v) is 7.42. The summed E-state index contributed by atoms with van der Waals surface area (Å²) in [6.07, 6.45) is 0.193. The normalized spacial score (nSPS) is 12.2. The topological polar surface area (TPSA) is 94.7 Å². The summed E-state index contributed by atoms with van der Waals surface area (Å²) < 4.78 is 31.9. The standard InChI is InChI=1S/C30H30ClN3O4S.C2H6/c1-39(36,37)33-29-17-22(11-14-26(29)31)30(35)20-34(19-21-7-3-2-4-8-21)15-16-38-23-12-13-25-24-9-5-6-10-27(24)32-28(25)18-23;1-2/h2-14,17-18,30,32-33,35H,15-16,19-20H2,1H3;1-2H3. The summed E-state index contributed by atoms with van der Waals surface area (Å²) in [4.78, 5) is 5.55. The largest absolute Gasteiger partial charge is 0.492 e. The van der Waals surface area contributed by atoms with E-state index in [1.54, 1.807) is 18.2 Å². The van der Waals surface area contributed by atoms with E-state index in [0.29, 0.717) is 31.8 Å². The van der Waals surface area contributed by atoms with E-state index in [2.05, 4.69) is 32.8 Å². The number of aromatic nitrogens is 1. The highest BCUT2D eigenvalue weighted by atomic mass is 35.5. The molecule has 216 valence electrons. The summed E-state index contributed by atoms with van der Waals surface area (Å²) in [5.41, 5.74) is 4.02. The van der Waals surface area contributed by atoms with Crippen molar-refractivity contribution in [3.63, 3.8) is 0 Å². The average Bonchev–Trinajstić information content (AvgIpc) is 3.33. The van der Waals surface area contributed by atoms with E-state index in [-0.39, 0.29) is 10.7 Å². The highest BCUT2D eigenvalue weighted by molar-refractivity contribution is 7.92. The molecule has 3 N–H and O–H groups in total. The lowest BCUT2D eigenvalue weighted by Gasteiger charge is -2.26. The Morgan fingerprint density at radius 1 is 0.927 bits per heavy atom. The molecule has 0 spiro atoms. The Bertz CT molecular complexity index is 1690. The Balaban J connectivity index is 0.00000189. The molecule has 1 aromatic heterocycles. The Kier molecular flexibility index (Phi) is 10.3. The van der Waals surface area contributed by atoms with Crippen LogP contribution in [0.25, 0.3) is 21.8 Å². The molecular weight excluding hydrogens is 558 g/mol. The number of H-pyrrole nitrogens is 1. The van der Waals surface area contributed by atoms with Crippen molar-refractivity contribution in [2.24, 2.45) is 0 Å². The number of nitrogens with one attached hydrogen (secondary N) is 2. The third-order valence-electron chi connectivity index (χ3n) is 6.50. The first-order valence-corrected chi connectivity index (χ1v) is 15.9. The first-order chi connectivity index (χ1) is 19.7. The minimum Gasteiger partial charge on any atom is -0.492 e. The van der Waals surface area contributed by atoms with Gasteiger partial charge in [-0.05, 0) is 41.5 Å². The Hall–Kier alpha value is -3.56. The predicted molar refractivity (Wildman–Crippen MR) is 169 cm³/mol. The van der Waals surface area contributed by atoms with Crippen LogP contribution in [0.15, 0.2) is 91.0 Å². The molecule has 4 aromatic carbocycles. The number of ether oxygens (including phenoxy) is 1. The fourth-order valence-corrected chi connectivity index (χ4v) is 5.46. The fraction of sp³-hybridized carbons (Fsp3) is 0.250. The second-order valence-electron chi connectivity index (χ2n) is 9.58. The number of anilines is 1. The molecule has 1 heterocycles. The van der Waals surface area contributed by atoms with Crippen LogP contribution in [0.1, 0.15) is 31.1 Å². The number of fused-ring (bicyclic) bond motifs is 3. The van der Waals surface area contributed by atoms with Crippen molar-refractivity contribution < 1.29 is 18.3 Å². The van der Waals surface area contributed by atoms with Gasteiger partial charge in [0, 0.05) is 42.0 Å². The van der Waals surface area contributed by atoms with Gasteiger partial charge in [-0.1, -0.05) is 80.0 Å². The molecule has 1 atom stereocenters. The molecule has 9 heteroatoms. The van der Waals surface area contributed by atoms with Gasteiger partial charge in [0.05, 0.1) is 28.6 Å². The number of hydrogen-bond acceptors (Lipinski definition) is 5. The molecule has 0 bridgehead atoms. The summed E-state index contributed by atoms with van der Waals surface area (Å²) in [7, 11) is -3.51. The lowest BCUT2D eigenvalue weighted by molar-refractivity contribution is 0.0986. The van der Waals surface area contributed by atoms with Gasteiger partial charge in [0.2, 0.25) is 10.0 Å². The third kappa shape index (κ3) is 8.24. The maximum Gasteiger partial charge on any atom is 0.229 e. The monoisotopic (exact) mass is 593 g/mol. The van der Waals surface area contributed by atoms with Crippen molar-refractivity contribution >= 4 is 49.1 Å². The molecule has 0 saturated carbocycles. The van der Waals surface area contributed by atoms with Crippen molar-refractivity contribution in [3.05, 3.63) is 107 Å². The van der Waals surface area contributed by atoms with Gasteiger partial charge in [0.25, 0.3) is 0 Å². The maximum absolute atomic E-state index is 11.7. The van der Waals surface area contributed by atoms with E-state index in [0.717, 1.165) is 34.0 Å². The number of hydrogen-bond donors (Lipinski definition) is 3. The van der Waals surface area contributed by atoms with E-state index in [1.165, 1.54) is 5.39 Å². The predicted octanol–water partition coefficient (Wildman–Crippen LogP) is 6.99. The minimum atomic E-state index is -3.51. The number of aliphatic hydroxyl groups excluding tert-OH is 1. The quantitative estimate of drug-likeness (QED) is 0.153. The van der Waals surface area contributed by atoms with Crippen molar-refractivity contribution in [2.75, 3.05) is 30.7 Å². The molecule has 1 unspecified atom stereocenters.